The molecule has 0 spiro atoms. The quantitative estimate of drug-likeness (QED) is 0.844. The maximum atomic E-state index is 12.7. The van der Waals surface area contributed by atoms with E-state index in [1.807, 2.05) is 19.3 Å². The smallest absolute Gasteiger partial charge is 0.243 e. The third-order valence-electron chi connectivity index (χ3n) is 5.43. The molecule has 142 valence electrons. The van der Waals surface area contributed by atoms with E-state index in [2.05, 4.69) is 27.3 Å². The van der Waals surface area contributed by atoms with Crippen LogP contribution < -0.4 is 5.32 Å². The number of carbonyl (C=O) groups excluding carboxylic acids is 2. The van der Waals surface area contributed by atoms with E-state index in [4.69, 9.17) is 0 Å². The molecular formula is C20H30N4O2. The minimum atomic E-state index is -0.260. The van der Waals surface area contributed by atoms with Crippen LogP contribution in [0.25, 0.3) is 0 Å². The fourth-order valence-electron chi connectivity index (χ4n) is 3.97. The summed E-state index contributed by atoms with van der Waals surface area (Å²) < 4.78 is 0. The summed E-state index contributed by atoms with van der Waals surface area (Å²) in [5.74, 6) is 0.164. The van der Waals surface area contributed by atoms with Crippen LogP contribution in [0.15, 0.2) is 24.5 Å². The topological polar surface area (TPSA) is 65.5 Å². The molecule has 2 amide bonds. The molecule has 0 aliphatic carbocycles. The van der Waals surface area contributed by atoms with Crippen LogP contribution in [0.3, 0.4) is 0 Å². The van der Waals surface area contributed by atoms with E-state index in [1.54, 1.807) is 4.90 Å². The molecule has 3 rings (SSSR count). The summed E-state index contributed by atoms with van der Waals surface area (Å²) in [6.07, 6.45) is 8.68. The highest BCUT2D eigenvalue weighted by Gasteiger charge is 2.34. The van der Waals surface area contributed by atoms with Crippen LogP contribution in [0, 0.1) is 0 Å². The Morgan fingerprint density at radius 1 is 1.15 bits per heavy atom. The summed E-state index contributed by atoms with van der Waals surface area (Å²) in [6, 6.07) is 4.06. The number of rotatable bonds is 6. The number of amides is 2. The van der Waals surface area contributed by atoms with Gasteiger partial charge >= 0.3 is 0 Å². The molecule has 1 aromatic rings. The highest BCUT2D eigenvalue weighted by molar-refractivity contribution is 5.88. The second-order valence-electron chi connectivity index (χ2n) is 7.41. The first kappa shape index (κ1) is 18.8. The molecule has 1 N–H and O–H groups in total. The average molecular weight is 358 g/mol. The van der Waals surface area contributed by atoms with Crippen LogP contribution in [-0.2, 0) is 16.1 Å². The number of nitrogens with zero attached hydrogens (tertiary/aromatic N) is 3. The fourth-order valence-corrected chi connectivity index (χ4v) is 3.97. The molecule has 6 heteroatoms. The maximum Gasteiger partial charge on any atom is 0.243 e. The second-order valence-corrected chi connectivity index (χ2v) is 7.41. The van der Waals surface area contributed by atoms with Crippen LogP contribution in [-0.4, -0.2) is 58.3 Å². The van der Waals surface area contributed by atoms with Crippen molar-refractivity contribution >= 4 is 11.8 Å². The second kappa shape index (κ2) is 9.12. The van der Waals surface area contributed by atoms with E-state index < -0.39 is 0 Å². The molecule has 1 aromatic heterocycles. The van der Waals surface area contributed by atoms with E-state index in [0.29, 0.717) is 6.42 Å². The zero-order chi connectivity index (χ0) is 18.4. The Hall–Kier alpha value is -1.95. The third kappa shape index (κ3) is 4.81. The van der Waals surface area contributed by atoms with Crippen molar-refractivity contribution in [2.45, 2.75) is 64.1 Å². The molecule has 0 bridgehead atoms. The highest BCUT2D eigenvalue weighted by Crippen LogP contribution is 2.20. The van der Waals surface area contributed by atoms with Gasteiger partial charge < -0.3 is 10.2 Å². The van der Waals surface area contributed by atoms with Crippen molar-refractivity contribution in [3.05, 3.63) is 30.1 Å². The van der Waals surface area contributed by atoms with Crippen molar-refractivity contribution in [2.75, 3.05) is 19.6 Å². The van der Waals surface area contributed by atoms with Crippen molar-refractivity contribution in [2.24, 2.45) is 0 Å². The van der Waals surface area contributed by atoms with Gasteiger partial charge in [-0.2, -0.15) is 0 Å². The fraction of sp³-hybridized carbons (Fsp3) is 0.650. The zero-order valence-electron chi connectivity index (χ0n) is 15.7. The molecule has 0 radical (unpaired) electrons. The van der Waals surface area contributed by atoms with Gasteiger partial charge in [0.15, 0.2) is 0 Å². The monoisotopic (exact) mass is 358 g/mol. The number of hydrogen-bond acceptors (Lipinski definition) is 4. The van der Waals surface area contributed by atoms with Gasteiger partial charge in [0.25, 0.3) is 0 Å². The average Bonchev–Trinajstić information content (AvgIpc) is 3.14. The Labute approximate surface area is 156 Å². The minimum absolute atomic E-state index is 0.0412. The van der Waals surface area contributed by atoms with Crippen LogP contribution in [0.5, 0.6) is 0 Å². The largest absolute Gasteiger partial charge is 0.351 e. The van der Waals surface area contributed by atoms with Crippen LogP contribution in [0.2, 0.25) is 0 Å². The SMILES string of the molecule is CCCC(=O)N1CCCC1C(=O)NC1CCN(Cc2ccncc2)CC1. The maximum absolute atomic E-state index is 12.7. The van der Waals surface area contributed by atoms with Gasteiger partial charge in [-0.05, 0) is 49.8 Å². The lowest BCUT2D eigenvalue weighted by molar-refractivity contribution is -0.138. The van der Waals surface area contributed by atoms with Crippen molar-refractivity contribution in [1.29, 1.82) is 0 Å². The summed E-state index contributed by atoms with van der Waals surface area (Å²) in [7, 11) is 0. The molecule has 0 saturated carbocycles. The van der Waals surface area contributed by atoms with Gasteiger partial charge in [-0.1, -0.05) is 6.92 Å². The molecule has 2 aliphatic rings. The molecule has 1 unspecified atom stereocenters. The Morgan fingerprint density at radius 2 is 1.88 bits per heavy atom. The zero-order valence-corrected chi connectivity index (χ0v) is 15.7. The van der Waals surface area contributed by atoms with E-state index >= 15 is 0 Å². The summed E-state index contributed by atoms with van der Waals surface area (Å²) in [6.45, 7) is 5.63. The summed E-state index contributed by atoms with van der Waals surface area (Å²) in [4.78, 5) is 33.2. The Morgan fingerprint density at radius 3 is 2.58 bits per heavy atom. The van der Waals surface area contributed by atoms with E-state index in [-0.39, 0.29) is 23.9 Å². The Balaban J connectivity index is 1.45. The van der Waals surface area contributed by atoms with Crippen LogP contribution >= 0.6 is 0 Å². The van der Waals surface area contributed by atoms with Gasteiger partial charge in [-0.15, -0.1) is 0 Å². The molecule has 2 fully saturated rings. The normalized spacial score (nSPS) is 21.7. The molecular weight excluding hydrogens is 328 g/mol. The number of pyridine rings is 1. The Kier molecular flexibility index (Phi) is 6.61. The Bertz CT molecular complexity index is 599. The van der Waals surface area contributed by atoms with E-state index in [0.717, 1.165) is 58.3 Å². The molecule has 1 atom stereocenters. The first-order chi connectivity index (χ1) is 12.7. The highest BCUT2D eigenvalue weighted by atomic mass is 16.2. The van der Waals surface area contributed by atoms with Gasteiger partial charge in [0.2, 0.25) is 11.8 Å². The summed E-state index contributed by atoms with van der Waals surface area (Å²) in [5, 5.41) is 3.20. The lowest BCUT2D eigenvalue weighted by Gasteiger charge is -2.33. The number of nitrogens with one attached hydrogen (secondary N) is 1. The van der Waals surface area contributed by atoms with Crippen LogP contribution in [0.1, 0.15) is 51.0 Å². The van der Waals surface area contributed by atoms with Crippen molar-refractivity contribution < 1.29 is 9.59 Å². The van der Waals surface area contributed by atoms with E-state index in [1.165, 1.54) is 5.56 Å². The number of carbonyl (C=O) groups is 2. The first-order valence-electron chi connectivity index (χ1n) is 9.88. The van der Waals surface area contributed by atoms with Gasteiger partial charge in [0.05, 0.1) is 0 Å². The summed E-state index contributed by atoms with van der Waals surface area (Å²) in [5.41, 5.74) is 1.28. The lowest BCUT2D eigenvalue weighted by Crippen LogP contribution is -2.51. The molecule has 26 heavy (non-hydrogen) atoms. The summed E-state index contributed by atoms with van der Waals surface area (Å²) >= 11 is 0. The number of likely N-dealkylation sites (tertiary alicyclic amines) is 2. The number of aromatic nitrogens is 1. The molecule has 2 aliphatic heterocycles. The third-order valence-corrected chi connectivity index (χ3v) is 5.43. The first-order valence-corrected chi connectivity index (χ1v) is 9.88. The van der Waals surface area contributed by atoms with Crippen molar-refractivity contribution in [3.63, 3.8) is 0 Å². The number of piperidine rings is 1. The number of hydrogen-bond donors (Lipinski definition) is 1. The standard InChI is InChI=1S/C20H30N4O2/c1-2-4-19(25)24-12-3-5-18(24)20(26)22-17-8-13-23(14-9-17)15-16-6-10-21-11-7-16/h6-7,10-11,17-18H,2-5,8-9,12-15H2,1H3,(H,22,26). The predicted octanol–water partition coefficient (Wildman–Crippen LogP) is 1.95. The predicted molar refractivity (Wildman–Crippen MR) is 100 cm³/mol. The minimum Gasteiger partial charge on any atom is -0.351 e. The lowest BCUT2D eigenvalue weighted by atomic mass is 10.0. The van der Waals surface area contributed by atoms with Crippen molar-refractivity contribution in [1.82, 2.24) is 20.1 Å². The van der Waals surface area contributed by atoms with Gasteiger partial charge in [0.1, 0.15) is 6.04 Å². The molecule has 0 aromatic carbocycles. The van der Waals surface area contributed by atoms with Crippen LogP contribution in [0.4, 0.5) is 0 Å². The molecule has 2 saturated heterocycles. The molecule has 3 heterocycles. The van der Waals surface area contributed by atoms with Gasteiger partial charge in [-0.3, -0.25) is 19.5 Å². The van der Waals surface area contributed by atoms with Gasteiger partial charge in [-0.25, -0.2) is 0 Å². The molecule has 6 nitrogen and oxygen atoms in total. The van der Waals surface area contributed by atoms with Gasteiger partial charge in [0, 0.05) is 51.0 Å². The van der Waals surface area contributed by atoms with Crippen molar-refractivity contribution in [3.8, 4) is 0 Å². The van der Waals surface area contributed by atoms with E-state index in [9.17, 15) is 9.59 Å².